The highest BCUT2D eigenvalue weighted by molar-refractivity contribution is 5.91. The minimum atomic E-state index is 0.207. The fourth-order valence-electron chi connectivity index (χ4n) is 5.34. The first-order chi connectivity index (χ1) is 14.2. The van der Waals surface area contributed by atoms with Gasteiger partial charge in [0.05, 0.1) is 20.3 Å². The Hall–Kier alpha value is -2.72. The molecule has 0 radical (unpaired) electrons. The number of rotatable bonds is 4. The number of aliphatic hydroxyl groups excluding tert-OH is 1. The Morgan fingerprint density at radius 2 is 1.83 bits per heavy atom. The van der Waals surface area contributed by atoms with E-state index in [1.54, 1.807) is 14.2 Å². The van der Waals surface area contributed by atoms with E-state index in [4.69, 9.17) is 9.47 Å². The van der Waals surface area contributed by atoms with Crippen molar-refractivity contribution < 1.29 is 14.6 Å². The van der Waals surface area contributed by atoms with Crippen molar-refractivity contribution >= 4 is 16.5 Å². The van der Waals surface area contributed by atoms with Crippen LogP contribution in [-0.2, 0) is 6.42 Å². The summed E-state index contributed by atoms with van der Waals surface area (Å²) >= 11 is 0. The number of anilines is 1. The third kappa shape index (κ3) is 2.85. The molecule has 4 heteroatoms. The zero-order chi connectivity index (χ0) is 20.0. The molecule has 0 amide bonds. The quantitative estimate of drug-likeness (QED) is 0.694. The molecule has 0 saturated carbocycles. The van der Waals surface area contributed by atoms with Crippen LogP contribution in [0.3, 0.4) is 0 Å². The molecule has 29 heavy (non-hydrogen) atoms. The summed E-state index contributed by atoms with van der Waals surface area (Å²) in [6, 6.07) is 17.7. The number of nitrogens with zero attached hydrogens (tertiary/aromatic N) is 1. The lowest BCUT2D eigenvalue weighted by atomic mass is 9.76. The van der Waals surface area contributed by atoms with Gasteiger partial charge in [0.25, 0.3) is 0 Å². The minimum Gasteiger partial charge on any atom is -0.493 e. The van der Waals surface area contributed by atoms with E-state index < -0.39 is 0 Å². The average molecular weight is 389 g/mol. The lowest BCUT2D eigenvalue weighted by Gasteiger charge is -2.46. The molecular formula is C25H27NO3. The monoisotopic (exact) mass is 389 g/mol. The smallest absolute Gasteiger partial charge is 0.161 e. The van der Waals surface area contributed by atoms with Gasteiger partial charge in [-0.25, -0.2) is 0 Å². The Kier molecular flexibility index (Phi) is 4.59. The minimum absolute atomic E-state index is 0.207. The summed E-state index contributed by atoms with van der Waals surface area (Å²) in [5.41, 5.74) is 5.39. The lowest BCUT2D eigenvalue weighted by molar-refractivity contribution is 0.266. The maximum atomic E-state index is 9.81. The molecule has 4 nitrogen and oxygen atoms in total. The summed E-state index contributed by atoms with van der Waals surface area (Å²) in [5, 5.41) is 12.4. The number of hydrogen-bond donors (Lipinski definition) is 1. The summed E-state index contributed by atoms with van der Waals surface area (Å²) < 4.78 is 11.1. The second kappa shape index (κ2) is 7.27. The van der Waals surface area contributed by atoms with Crippen molar-refractivity contribution in [2.24, 2.45) is 0 Å². The van der Waals surface area contributed by atoms with Crippen LogP contribution < -0.4 is 14.4 Å². The molecule has 0 bridgehead atoms. The Morgan fingerprint density at radius 3 is 2.62 bits per heavy atom. The predicted octanol–water partition coefficient (Wildman–Crippen LogP) is 4.83. The zero-order valence-corrected chi connectivity index (χ0v) is 17.0. The van der Waals surface area contributed by atoms with Crippen LogP contribution in [0.1, 0.15) is 41.5 Å². The number of benzene rings is 3. The Balaban J connectivity index is 1.67. The topological polar surface area (TPSA) is 41.9 Å². The van der Waals surface area contributed by atoms with E-state index >= 15 is 0 Å². The van der Waals surface area contributed by atoms with Crippen LogP contribution in [0, 0.1) is 0 Å². The van der Waals surface area contributed by atoms with E-state index in [-0.39, 0.29) is 6.61 Å². The van der Waals surface area contributed by atoms with Gasteiger partial charge >= 0.3 is 0 Å². The van der Waals surface area contributed by atoms with E-state index in [1.807, 2.05) is 0 Å². The van der Waals surface area contributed by atoms with Crippen molar-refractivity contribution in [3.63, 3.8) is 0 Å². The fraction of sp³-hybridized carbons (Fsp3) is 0.360. The van der Waals surface area contributed by atoms with E-state index in [9.17, 15) is 5.11 Å². The van der Waals surface area contributed by atoms with Gasteiger partial charge in [-0.15, -0.1) is 0 Å². The number of methoxy groups -OCH3 is 2. The molecule has 0 spiro atoms. The molecule has 0 aromatic heterocycles. The van der Waals surface area contributed by atoms with Crippen molar-refractivity contribution in [3.8, 4) is 11.5 Å². The highest BCUT2D eigenvalue weighted by Crippen LogP contribution is 2.51. The molecule has 2 atom stereocenters. The van der Waals surface area contributed by atoms with Crippen LogP contribution in [-0.4, -0.2) is 32.5 Å². The van der Waals surface area contributed by atoms with Gasteiger partial charge < -0.3 is 19.5 Å². The summed E-state index contributed by atoms with van der Waals surface area (Å²) in [7, 11) is 3.39. The lowest BCUT2D eigenvalue weighted by Crippen LogP contribution is -2.40. The van der Waals surface area contributed by atoms with Gasteiger partial charge in [-0.1, -0.05) is 30.3 Å². The van der Waals surface area contributed by atoms with Crippen LogP contribution in [0.4, 0.5) is 5.69 Å². The number of fused-ring (bicyclic) bond motifs is 7. The third-order valence-electron chi connectivity index (χ3n) is 6.65. The highest BCUT2D eigenvalue weighted by Gasteiger charge is 2.37. The van der Waals surface area contributed by atoms with Crippen molar-refractivity contribution in [3.05, 3.63) is 65.2 Å². The van der Waals surface area contributed by atoms with Crippen LogP contribution in [0.25, 0.3) is 10.8 Å². The molecule has 5 rings (SSSR count). The molecule has 2 heterocycles. The van der Waals surface area contributed by atoms with Gasteiger partial charge in [0, 0.05) is 18.8 Å². The summed E-state index contributed by atoms with van der Waals surface area (Å²) in [4.78, 5) is 2.56. The van der Waals surface area contributed by atoms with Crippen LogP contribution in [0.15, 0.2) is 48.5 Å². The SMILES string of the molecule is COc1cc2c(cc1OC)[C@H]1C[C@@H](CCO)c3c(ccc4ccccc34)N1CC2. The zero-order valence-electron chi connectivity index (χ0n) is 17.0. The molecule has 0 unspecified atom stereocenters. The summed E-state index contributed by atoms with van der Waals surface area (Å²) in [6.45, 7) is 1.20. The molecule has 2 aliphatic heterocycles. The van der Waals surface area contributed by atoms with E-state index in [2.05, 4.69) is 53.4 Å². The van der Waals surface area contributed by atoms with E-state index in [1.165, 1.54) is 33.2 Å². The molecule has 0 fully saturated rings. The molecule has 1 N–H and O–H groups in total. The standard InChI is InChI=1S/C25H27NO3/c1-28-23-14-17-9-11-26-21-8-7-16-5-3-4-6-19(16)25(21)18(10-12-27)13-22(26)20(17)15-24(23)29-2/h3-8,14-15,18,22,27H,9-13H2,1-2H3/t18-,22-/m1/s1. The van der Waals surface area contributed by atoms with Gasteiger partial charge in [-0.2, -0.15) is 0 Å². The maximum Gasteiger partial charge on any atom is 0.161 e. The predicted molar refractivity (Wildman–Crippen MR) is 116 cm³/mol. The first kappa shape index (κ1) is 18.3. The molecule has 150 valence electrons. The molecule has 3 aromatic carbocycles. The number of hydrogen-bond acceptors (Lipinski definition) is 4. The number of ether oxygens (including phenoxy) is 2. The van der Waals surface area contributed by atoms with Crippen molar-refractivity contribution in [1.82, 2.24) is 0 Å². The Labute approximate surface area is 171 Å². The fourth-order valence-corrected chi connectivity index (χ4v) is 5.34. The number of aliphatic hydroxyl groups is 1. The first-order valence-electron chi connectivity index (χ1n) is 10.4. The highest BCUT2D eigenvalue weighted by atomic mass is 16.5. The van der Waals surface area contributed by atoms with Crippen LogP contribution >= 0.6 is 0 Å². The third-order valence-corrected chi connectivity index (χ3v) is 6.65. The van der Waals surface area contributed by atoms with Crippen molar-refractivity contribution in [1.29, 1.82) is 0 Å². The van der Waals surface area contributed by atoms with Crippen molar-refractivity contribution in [2.45, 2.75) is 31.2 Å². The maximum absolute atomic E-state index is 9.81. The molecule has 0 saturated heterocycles. The first-order valence-corrected chi connectivity index (χ1v) is 10.4. The second-order valence-corrected chi connectivity index (χ2v) is 8.03. The molecule has 2 aliphatic rings. The van der Waals surface area contributed by atoms with Crippen LogP contribution in [0.5, 0.6) is 11.5 Å². The molecule has 0 aliphatic carbocycles. The van der Waals surface area contributed by atoms with Gasteiger partial charge in [-0.05, 0) is 70.8 Å². The van der Waals surface area contributed by atoms with Crippen LogP contribution in [0.2, 0.25) is 0 Å². The van der Waals surface area contributed by atoms with Gasteiger partial charge in [0.15, 0.2) is 11.5 Å². The second-order valence-electron chi connectivity index (χ2n) is 8.03. The largest absolute Gasteiger partial charge is 0.493 e. The normalized spacial score (nSPS) is 20.0. The van der Waals surface area contributed by atoms with Gasteiger partial charge in [0.1, 0.15) is 0 Å². The summed E-state index contributed by atoms with van der Waals surface area (Å²) in [5.74, 6) is 1.92. The molecular weight excluding hydrogens is 362 g/mol. The van der Waals surface area contributed by atoms with E-state index in [0.29, 0.717) is 12.0 Å². The van der Waals surface area contributed by atoms with Gasteiger partial charge in [-0.3, -0.25) is 0 Å². The molecule has 3 aromatic rings. The Morgan fingerprint density at radius 1 is 1.03 bits per heavy atom. The summed E-state index contributed by atoms with van der Waals surface area (Å²) in [6.07, 6.45) is 2.78. The van der Waals surface area contributed by atoms with Gasteiger partial charge in [0.2, 0.25) is 0 Å². The van der Waals surface area contributed by atoms with Crippen molar-refractivity contribution in [2.75, 3.05) is 32.3 Å². The Bertz CT molecular complexity index is 1060. The average Bonchev–Trinajstić information content (AvgIpc) is 2.77. The van der Waals surface area contributed by atoms with E-state index in [0.717, 1.165) is 37.3 Å².